The largest absolute Gasteiger partial charge is 0.469 e. The molecule has 184 valence electrons. The molecular weight excluding hydrogens is 418 g/mol. The second-order valence-corrected chi connectivity index (χ2v) is 10.5. The molecule has 0 spiro atoms. The van der Waals surface area contributed by atoms with Gasteiger partial charge < -0.3 is 13.9 Å². The second-order valence-electron chi connectivity index (χ2n) is 10.5. The van der Waals surface area contributed by atoms with Crippen LogP contribution in [-0.2, 0) is 32.0 Å². The first-order chi connectivity index (χ1) is 15.7. The lowest BCUT2D eigenvalue weighted by Gasteiger charge is -2.57. The Labute approximate surface area is 198 Å². The van der Waals surface area contributed by atoms with Gasteiger partial charge in [0.15, 0.2) is 0 Å². The number of hydrogen-bond acceptors (Lipinski definition) is 6. The molecule has 2 fully saturated rings. The maximum atomic E-state index is 12.8. The van der Waals surface area contributed by atoms with Gasteiger partial charge in [0.2, 0.25) is 0 Å². The molecule has 0 unspecified atom stereocenters. The molecule has 4 atom stereocenters. The zero-order valence-corrected chi connectivity index (χ0v) is 21.1. The first-order valence-electron chi connectivity index (χ1n) is 12.3. The Hall–Kier alpha value is -2.08. The van der Waals surface area contributed by atoms with E-state index in [-0.39, 0.29) is 23.9 Å². The number of furan rings is 1. The Morgan fingerprint density at radius 1 is 1.30 bits per heavy atom. The van der Waals surface area contributed by atoms with E-state index in [1.54, 1.807) is 6.26 Å². The van der Waals surface area contributed by atoms with Gasteiger partial charge in [-0.3, -0.25) is 14.5 Å². The van der Waals surface area contributed by atoms with Crippen LogP contribution in [0.5, 0.6) is 0 Å². The number of methoxy groups -OCH3 is 1. The summed E-state index contributed by atoms with van der Waals surface area (Å²) in [6.07, 6.45) is 8.64. The fraction of sp³-hybridized carbons (Fsp3) is 0.704. The number of hydrogen-bond donors (Lipinski definition) is 0. The molecule has 1 aromatic heterocycles. The minimum Gasteiger partial charge on any atom is -0.469 e. The van der Waals surface area contributed by atoms with Gasteiger partial charge in [-0.25, -0.2) is 0 Å². The number of fused-ring (bicyclic) bond motifs is 1. The summed E-state index contributed by atoms with van der Waals surface area (Å²) >= 11 is 0. The van der Waals surface area contributed by atoms with Crippen LogP contribution in [-0.4, -0.2) is 44.1 Å². The Kier molecular flexibility index (Phi) is 8.09. The highest BCUT2D eigenvalue weighted by molar-refractivity contribution is 5.77. The minimum atomic E-state index is -0.419. The van der Waals surface area contributed by atoms with Crippen molar-refractivity contribution in [2.24, 2.45) is 22.7 Å². The average Bonchev–Trinajstić information content (AvgIpc) is 3.19. The normalized spacial score (nSPS) is 29.6. The summed E-state index contributed by atoms with van der Waals surface area (Å²) in [7, 11) is 3.41. The Bertz CT molecular complexity index is 860. The highest BCUT2D eigenvalue weighted by Crippen LogP contribution is 2.62. The molecular formula is C27H41NO5. The number of ether oxygens (including phenoxy) is 2. The molecule has 3 rings (SSSR count). The highest BCUT2D eigenvalue weighted by Gasteiger charge is 2.57. The molecule has 0 aromatic carbocycles. The van der Waals surface area contributed by atoms with Gasteiger partial charge in [-0.15, -0.1) is 0 Å². The summed E-state index contributed by atoms with van der Waals surface area (Å²) < 4.78 is 16.1. The van der Waals surface area contributed by atoms with Gasteiger partial charge in [-0.1, -0.05) is 25.5 Å². The second kappa shape index (κ2) is 10.5. The van der Waals surface area contributed by atoms with Crippen LogP contribution < -0.4 is 0 Å². The maximum absolute atomic E-state index is 12.8. The minimum absolute atomic E-state index is 0.0428. The number of esters is 2. The molecule has 6 heteroatoms. The summed E-state index contributed by atoms with van der Waals surface area (Å²) in [6, 6.07) is 2.04. The summed E-state index contributed by atoms with van der Waals surface area (Å²) in [5.74, 6) is 1.28. The smallest absolute Gasteiger partial charge is 0.320 e. The van der Waals surface area contributed by atoms with Crippen LogP contribution in [0.1, 0.15) is 70.6 Å². The van der Waals surface area contributed by atoms with Gasteiger partial charge in [-0.2, -0.15) is 0 Å². The van der Waals surface area contributed by atoms with Crippen molar-refractivity contribution in [2.75, 3.05) is 27.3 Å². The fourth-order valence-electron chi connectivity index (χ4n) is 6.72. The third-order valence-corrected chi connectivity index (χ3v) is 8.33. The van der Waals surface area contributed by atoms with Crippen LogP contribution in [0.3, 0.4) is 0 Å². The predicted octanol–water partition coefficient (Wildman–Crippen LogP) is 5.16. The zero-order chi connectivity index (χ0) is 24.2. The molecule has 6 nitrogen and oxygen atoms in total. The molecule has 0 amide bonds. The number of nitrogens with zero attached hydrogens (tertiary/aromatic N) is 1. The van der Waals surface area contributed by atoms with Crippen LogP contribution in [0.25, 0.3) is 0 Å². The van der Waals surface area contributed by atoms with Crippen molar-refractivity contribution in [3.63, 3.8) is 0 Å². The fourth-order valence-corrected chi connectivity index (χ4v) is 6.72. The lowest BCUT2D eigenvalue weighted by Crippen LogP contribution is -2.53. The molecule has 2 saturated carbocycles. The van der Waals surface area contributed by atoms with E-state index in [2.05, 4.69) is 20.4 Å². The van der Waals surface area contributed by atoms with E-state index in [0.29, 0.717) is 25.0 Å². The SMILES string of the molecule is C=C1CC[C@H]2[C@](C)(CCC[C@]2(C)C(=O)OC)[C@H]1CCc1ccoc1CN(C)CC(=O)OCC. The Morgan fingerprint density at radius 2 is 2.06 bits per heavy atom. The van der Waals surface area contributed by atoms with Crippen molar-refractivity contribution >= 4 is 11.9 Å². The highest BCUT2D eigenvalue weighted by atomic mass is 16.5. The lowest BCUT2D eigenvalue weighted by molar-refractivity contribution is -0.168. The van der Waals surface area contributed by atoms with Crippen molar-refractivity contribution in [1.29, 1.82) is 0 Å². The standard InChI is InChI=1S/C27H41NO5/c1-7-32-24(29)18-28(5)17-22-20(13-16-33-22)10-11-21-19(2)9-12-23-26(21,3)14-8-15-27(23,4)25(30)31-6/h13,16,21,23H,2,7-12,14-15,17-18H2,1,3-6H3/t21-,23-,26+,27-/m0/s1. The van der Waals surface area contributed by atoms with E-state index in [1.165, 1.54) is 18.2 Å². The third kappa shape index (κ3) is 5.21. The van der Waals surface area contributed by atoms with Gasteiger partial charge in [0, 0.05) is 0 Å². The van der Waals surface area contributed by atoms with Crippen LogP contribution in [0.2, 0.25) is 0 Å². The van der Waals surface area contributed by atoms with Gasteiger partial charge in [0.1, 0.15) is 5.76 Å². The molecule has 1 heterocycles. The summed E-state index contributed by atoms with van der Waals surface area (Å²) in [6.45, 7) is 11.9. The number of rotatable bonds is 9. The monoisotopic (exact) mass is 459 g/mol. The van der Waals surface area contributed by atoms with Gasteiger partial charge in [-0.05, 0) is 88.3 Å². The molecule has 0 aliphatic heterocycles. The molecule has 0 N–H and O–H groups in total. The Balaban J connectivity index is 1.71. The first-order valence-corrected chi connectivity index (χ1v) is 12.3. The summed E-state index contributed by atoms with van der Waals surface area (Å²) in [4.78, 5) is 26.5. The van der Waals surface area contributed by atoms with Crippen molar-refractivity contribution < 1.29 is 23.5 Å². The van der Waals surface area contributed by atoms with Crippen LogP contribution >= 0.6 is 0 Å². The molecule has 33 heavy (non-hydrogen) atoms. The summed E-state index contributed by atoms with van der Waals surface area (Å²) in [5.41, 5.74) is 2.11. The van der Waals surface area contributed by atoms with Gasteiger partial charge >= 0.3 is 11.9 Å². The summed E-state index contributed by atoms with van der Waals surface area (Å²) in [5, 5.41) is 0. The Morgan fingerprint density at radius 3 is 2.76 bits per heavy atom. The topological polar surface area (TPSA) is 69.0 Å². The van der Waals surface area contributed by atoms with Crippen LogP contribution in [0.15, 0.2) is 28.9 Å². The van der Waals surface area contributed by atoms with Crippen molar-refractivity contribution in [3.8, 4) is 0 Å². The van der Waals surface area contributed by atoms with Crippen molar-refractivity contribution in [1.82, 2.24) is 4.90 Å². The molecule has 2 aliphatic carbocycles. The van der Waals surface area contributed by atoms with E-state index >= 15 is 0 Å². The quantitative estimate of drug-likeness (QED) is 0.375. The maximum Gasteiger partial charge on any atom is 0.320 e. The van der Waals surface area contributed by atoms with E-state index in [1.807, 2.05) is 24.9 Å². The zero-order valence-electron chi connectivity index (χ0n) is 21.1. The van der Waals surface area contributed by atoms with E-state index in [0.717, 1.165) is 50.7 Å². The molecule has 2 aliphatic rings. The van der Waals surface area contributed by atoms with Crippen LogP contribution in [0, 0.1) is 22.7 Å². The van der Waals surface area contributed by atoms with E-state index in [9.17, 15) is 9.59 Å². The number of allylic oxidation sites excluding steroid dienone is 1. The number of carbonyl (C=O) groups is 2. The van der Waals surface area contributed by atoms with Gasteiger partial charge in [0.25, 0.3) is 0 Å². The molecule has 0 bridgehead atoms. The van der Waals surface area contributed by atoms with Crippen molar-refractivity contribution in [3.05, 3.63) is 35.8 Å². The molecule has 1 aromatic rings. The molecule has 0 radical (unpaired) electrons. The average molecular weight is 460 g/mol. The number of likely N-dealkylation sites (N-methyl/N-ethyl adjacent to an activating group) is 1. The third-order valence-electron chi connectivity index (χ3n) is 8.33. The first kappa shape index (κ1) is 25.5. The van der Waals surface area contributed by atoms with Crippen molar-refractivity contribution in [2.45, 2.75) is 72.3 Å². The number of carbonyl (C=O) groups excluding carboxylic acids is 2. The van der Waals surface area contributed by atoms with Gasteiger partial charge in [0.05, 0.1) is 38.5 Å². The van der Waals surface area contributed by atoms with E-state index < -0.39 is 5.41 Å². The lowest BCUT2D eigenvalue weighted by atomic mass is 9.46. The molecule has 0 saturated heterocycles. The number of aryl methyl sites for hydroxylation is 1. The van der Waals surface area contributed by atoms with E-state index in [4.69, 9.17) is 13.9 Å². The van der Waals surface area contributed by atoms with Crippen LogP contribution in [0.4, 0.5) is 0 Å². The predicted molar refractivity (Wildman–Crippen MR) is 127 cm³/mol.